The van der Waals surface area contributed by atoms with Gasteiger partial charge in [-0.05, 0) is 13.0 Å². The van der Waals surface area contributed by atoms with Crippen LogP contribution in [0.2, 0.25) is 0 Å². The molecule has 5 heteroatoms. The van der Waals surface area contributed by atoms with Gasteiger partial charge in [-0.15, -0.1) is 4.73 Å². The van der Waals surface area contributed by atoms with E-state index in [1.54, 1.807) is 0 Å². The van der Waals surface area contributed by atoms with Crippen molar-refractivity contribution in [1.29, 1.82) is 0 Å². The molecule has 5 nitrogen and oxygen atoms in total. The Morgan fingerprint density at radius 2 is 2.15 bits per heavy atom. The van der Waals surface area contributed by atoms with Crippen molar-refractivity contribution in [2.45, 2.75) is 13.8 Å². The van der Waals surface area contributed by atoms with Gasteiger partial charge in [0.2, 0.25) is 0 Å². The fourth-order valence-corrected chi connectivity index (χ4v) is 0.871. The first-order valence-electron chi connectivity index (χ1n) is 3.62. The molecular formula is C8H9NO4. The van der Waals surface area contributed by atoms with E-state index in [0.29, 0.717) is 4.73 Å². The standard InChI is InChI=1S/C8H9NO4/c1-5-7(13-6(2)10)3-4-8(11)9(5)12/h3-4,12H,1-2H3. The SMILES string of the molecule is CC(=O)Oc1ccc(=O)n(O)c1C. The van der Waals surface area contributed by atoms with Crippen LogP contribution in [0, 0.1) is 6.92 Å². The zero-order valence-corrected chi connectivity index (χ0v) is 7.27. The highest BCUT2D eigenvalue weighted by Gasteiger charge is 2.07. The molecule has 0 saturated heterocycles. The Hall–Kier alpha value is -1.78. The number of ether oxygens (including phenoxy) is 1. The lowest BCUT2D eigenvalue weighted by molar-refractivity contribution is -0.132. The maximum Gasteiger partial charge on any atom is 0.308 e. The summed E-state index contributed by atoms with van der Waals surface area (Å²) in [5.41, 5.74) is -0.365. The molecule has 0 aliphatic heterocycles. The number of hydrogen-bond donors (Lipinski definition) is 1. The molecule has 0 spiro atoms. The molecule has 1 N–H and O–H groups in total. The molecule has 0 amide bonds. The minimum Gasteiger partial charge on any atom is -0.425 e. The van der Waals surface area contributed by atoms with E-state index in [2.05, 4.69) is 0 Å². The van der Waals surface area contributed by atoms with Gasteiger partial charge in [0.05, 0.1) is 0 Å². The molecule has 0 unspecified atom stereocenters. The van der Waals surface area contributed by atoms with Crippen LogP contribution in [-0.2, 0) is 4.79 Å². The molecule has 1 aromatic rings. The van der Waals surface area contributed by atoms with Gasteiger partial charge in [0.25, 0.3) is 5.56 Å². The number of rotatable bonds is 1. The molecule has 0 atom stereocenters. The van der Waals surface area contributed by atoms with Crippen molar-refractivity contribution in [2.24, 2.45) is 0 Å². The summed E-state index contributed by atoms with van der Waals surface area (Å²) in [5.74, 6) is -0.323. The lowest BCUT2D eigenvalue weighted by Crippen LogP contribution is -2.19. The van der Waals surface area contributed by atoms with E-state index in [-0.39, 0.29) is 11.4 Å². The van der Waals surface area contributed by atoms with Crippen molar-refractivity contribution >= 4 is 5.97 Å². The molecule has 0 fully saturated rings. The van der Waals surface area contributed by atoms with Crippen molar-refractivity contribution in [3.05, 3.63) is 28.2 Å². The average Bonchev–Trinajstić information content (AvgIpc) is 2.06. The first-order valence-corrected chi connectivity index (χ1v) is 3.62. The van der Waals surface area contributed by atoms with Crippen LogP contribution in [0.4, 0.5) is 0 Å². The highest BCUT2D eigenvalue weighted by atomic mass is 16.5. The Balaban J connectivity index is 3.18. The van der Waals surface area contributed by atoms with Crippen molar-refractivity contribution in [2.75, 3.05) is 0 Å². The van der Waals surface area contributed by atoms with Crippen LogP contribution in [0.3, 0.4) is 0 Å². The Morgan fingerprint density at radius 3 is 2.69 bits per heavy atom. The van der Waals surface area contributed by atoms with Gasteiger partial charge in [0, 0.05) is 13.0 Å². The van der Waals surface area contributed by atoms with E-state index in [1.807, 2.05) is 0 Å². The summed E-state index contributed by atoms with van der Waals surface area (Å²) in [6.45, 7) is 2.71. The highest BCUT2D eigenvalue weighted by Crippen LogP contribution is 2.13. The zero-order valence-electron chi connectivity index (χ0n) is 7.27. The smallest absolute Gasteiger partial charge is 0.308 e. The number of hydrogen-bond acceptors (Lipinski definition) is 4. The first-order chi connectivity index (χ1) is 6.02. The van der Waals surface area contributed by atoms with E-state index in [0.717, 1.165) is 6.07 Å². The molecule has 0 radical (unpaired) electrons. The summed E-state index contributed by atoms with van der Waals surface area (Å²) in [7, 11) is 0. The number of carbonyl (C=O) groups is 1. The van der Waals surface area contributed by atoms with Gasteiger partial charge in [-0.25, -0.2) is 0 Å². The Bertz CT molecular complexity index is 394. The van der Waals surface area contributed by atoms with Crippen LogP contribution >= 0.6 is 0 Å². The van der Waals surface area contributed by atoms with E-state index in [9.17, 15) is 9.59 Å². The minimum absolute atomic E-state index is 0.176. The highest BCUT2D eigenvalue weighted by molar-refractivity contribution is 5.69. The number of nitrogens with zero attached hydrogens (tertiary/aromatic N) is 1. The van der Waals surface area contributed by atoms with Gasteiger partial charge >= 0.3 is 5.97 Å². The van der Waals surface area contributed by atoms with Crippen molar-refractivity contribution < 1.29 is 14.7 Å². The lowest BCUT2D eigenvalue weighted by atomic mass is 10.3. The molecule has 0 aliphatic rings. The summed E-state index contributed by atoms with van der Waals surface area (Å²) < 4.78 is 5.15. The second-order valence-electron chi connectivity index (χ2n) is 2.53. The fraction of sp³-hybridized carbons (Fsp3) is 0.250. The number of carbonyl (C=O) groups excluding carboxylic acids is 1. The monoisotopic (exact) mass is 183 g/mol. The fourth-order valence-electron chi connectivity index (χ4n) is 0.871. The maximum atomic E-state index is 10.9. The number of aromatic nitrogens is 1. The van der Waals surface area contributed by atoms with E-state index in [1.165, 1.54) is 19.9 Å². The third-order valence-corrected chi connectivity index (χ3v) is 1.51. The summed E-state index contributed by atoms with van der Waals surface area (Å²) >= 11 is 0. The molecule has 1 rings (SSSR count). The second-order valence-corrected chi connectivity index (χ2v) is 2.53. The Morgan fingerprint density at radius 1 is 1.54 bits per heavy atom. The largest absolute Gasteiger partial charge is 0.425 e. The van der Waals surface area contributed by atoms with Crippen molar-refractivity contribution in [3.8, 4) is 5.75 Å². The quantitative estimate of drug-likeness (QED) is 0.502. The molecule has 0 aliphatic carbocycles. The number of pyridine rings is 1. The topological polar surface area (TPSA) is 68.5 Å². The summed E-state index contributed by atoms with van der Waals surface area (Å²) in [6, 6.07) is 2.46. The second kappa shape index (κ2) is 3.30. The molecule has 0 bridgehead atoms. The van der Waals surface area contributed by atoms with Gasteiger partial charge in [-0.2, -0.15) is 0 Å². The van der Waals surface area contributed by atoms with E-state index >= 15 is 0 Å². The summed E-state index contributed by atoms with van der Waals surface area (Å²) in [4.78, 5) is 21.4. The van der Waals surface area contributed by atoms with Crippen LogP contribution in [0.5, 0.6) is 5.75 Å². The van der Waals surface area contributed by atoms with Crippen LogP contribution in [0.1, 0.15) is 12.6 Å². The van der Waals surface area contributed by atoms with Crippen LogP contribution in [-0.4, -0.2) is 15.9 Å². The zero-order chi connectivity index (χ0) is 10.0. The van der Waals surface area contributed by atoms with Gasteiger partial charge in [-0.1, -0.05) is 0 Å². The van der Waals surface area contributed by atoms with Crippen LogP contribution in [0.25, 0.3) is 0 Å². The van der Waals surface area contributed by atoms with Crippen LogP contribution < -0.4 is 10.3 Å². The molecular weight excluding hydrogens is 174 g/mol. The van der Waals surface area contributed by atoms with Gasteiger partial charge in [0.15, 0.2) is 5.75 Å². The third kappa shape index (κ3) is 1.87. The lowest BCUT2D eigenvalue weighted by Gasteiger charge is -2.06. The van der Waals surface area contributed by atoms with Crippen molar-refractivity contribution in [1.82, 2.24) is 4.73 Å². The molecule has 0 aromatic carbocycles. The molecule has 70 valence electrons. The summed E-state index contributed by atoms with van der Waals surface area (Å²) in [6.07, 6.45) is 0. The van der Waals surface area contributed by atoms with Gasteiger partial charge in [0.1, 0.15) is 5.69 Å². The molecule has 1 heterocycles. The summed E-state index contributed by atoms with van der Waals surface area (Å²) in [5, 5.41) is 9.11. The van der Waals surface area contributed by atoms with Crippen LogP contribution in [0.15, 0.2) is 16.9 Å². The van der Waals surface area contributed by atoms with E-state index < -0.39 is 11.5 Å². The Kier molecular flexibility index (Phi) is 2.36. The average molecular weight is 183 g/mol. The van der Waals surface area contributed by atoms with Gasteiger partial charge < -0.3 is 9.94 Å². The molecule has 1 aromatic heterocycles. The third-order valence-electron chi connectivity index (χ3n) is 1.51. The predicted molar refractivity (Wildman–Crippen MR) is 43.9 cm³/mol. The molecule has 13 heavy (non-hydrogen) atoms. The van der Waals surface area contributed by atoms with Gasteiger partial charge in [-0.3, -0.25) is 9.59 Å². The number of esters is 1. The molecule has 0 saturated carbocycles. The minimum atomic E-state index is -0.562. The predicted octanol–water partition coefficient (Wildman–Crippen LogP) is 0.319. The normalized spacial score (nSPS) is 9.69. The maximum absolute atomic E-state index is 10.9. The Labute approximate surface area is 74.1 Å². The first kappa shape index (κ1) is 9.31. The van der Waals surface area contributed by atoms with Crippen molar-refractivity contribution in [3.63, 3.8) is 0 Å². The van der Waals surface area contributed by atoms with E-state index in [4.69, 9.17) is 9.94 Å².